The number of methoxy groups -OCH3 is 1. The average Bonchev–Trinajstić information content (AvgIpc) is 3.14. The molecule has 0 fully saturated rings. The molecule has 3 aromatic rings. The number of Topliss-reactive ketones (excluding diaryl/α,β-unsaturated/α-hetero) is 1. The summed E-state index contributed by atoms with van der Waals surface area (Å²) in [7, 11) is 1.60. The monoisotopic (exact) mass is 411 g/mol. The lowest BCUT2D eigenvalue weighted by molar-refractivity contribution is 0.102. The highest BCUT2D eigenvalue weighted by atomic mass is 32.2. The topological polar surface area (TPSA) is 66.2 Å². The summed E-state index contributed by atoms with van der Waals surface area (Å²) in [4.78, 5) is 12.5. The summed E-state index contributed by atoms with van der Waals surface area (Å²) in [6, 6.07) is 13.2. The molecule has 29 heavy (non-hydrogen) atoms. The van der Waals surface area contributed by atoms with E-state index in [1.807, 2.05) is 37.5 Å². The van der Waals surface area contributed by atoms with Crippen LogP contribution in [0.1, 0.15) is 34.2 Å². The van der Waals surface area contributed by atoms with Gasteiger partial charge in [-0.25, -0.2) is 0 Å². The van der Waals surface area contributed by atoms with Crippen LogP contribution in [0.4, 0.5) is 0 Å². The number of hydrogen-bond acceptors (Lipinski definition) is 6. The molecule has 1 heterocycles. The van der Waals surface area contributed by atoms with Crippen LogP contribution >= 0.6 is 11.8 Å². The van der Waals surface area contributed by atoms with Gasteiger partial charge in [0, 0.05) is 12.1 Å². The van der Waals surface area contributed by atoms with Crippen LogP contribution in [0.25, 0.3) is 0 Å². The molecule has 2 aromatic carbocycles. The smallest absolute Gasteiger partial charge is 0.191 e. The zero-order valence-electron chi connectivity index (χ0n) is 17.1. The number of ketones is 1. The summed E-state index contributed by atoms with van der Waals surface area (Å²) >= 11 is 1.39. The molecule has 0 aliphatic carbocycles. The van der Waals surface area contributed by atoms with Crippen LogP contribution < -0.4 is 9.47 Å². The van der Waals surface area contributed by atoms with E-state index in [-0.39, 0.29) is 5.78 Å². The van der Waals surface area contributed by atoms with Crippen LogP contribution in [0.15, 0.2) is 47.6 Å². The summed E-state index contributed by atoms with van der Waals surface area (Å²) in [6.07, 6.45) is 0. The van der Waals surface area contributed by atoms with Gasteiger partial charge in [0.1, 0.15) is 18.1 Å². The summed E-state index contributed by atoms with van der Waals surface area (Å²) in [5.74, 6) is 2.65. The molecule has 0 radical (unpaired) electrons. The third-order valence-corrected chi connectivity index (χ3v) is 5.52. The number of aryl methyl sites for hydroxylation is 2. The Bertz CT molecular complexity index is 983. The van der Waals surface area contributed by atoms with E-state index in [2.05, 4.69) is 16.3 Å². The van der Waals surface area contributed by atoms with Gasteiger partial charge in [0.15, 0.2) is 16.8 Å². The minimum atomic E-state index is 0.0384. The molecular weight excluding hydrogens is 386 g/mol. The number of rotatable bonds is 9. The third-order valence-electron chi connectivity index (χ3n) is 4.55. The fourth-order valence-corrected chi connectivity index (χ4v) is 3.76. The van der Waals surface area contributed by atoms with Gasteiger partial charge in [-0.3, -0.25) is 4.79 Å². The lowest BCUT2D eigenvalue weighted by Gasteiger charge is -2.11. The van der Waals surface area contributed by atoms with E-state index in [4.69, 9.17) is 9.47 Å². The van der Waals surface area contributed by atoms with Crippen LogP contribution in [0, 0.1) is 13.8 Å². The second-order valence-corrected chi connectivity index (χ2v) is 7.58. The van der Waals surface area contributed by atoms with Crippen molar-refractivity contribution in [2.45, 2.75) is 39.1 Å². The molecule has 7 heteroatoms. The van der Waals surface area contributed by atoms with Crippen molar-refractivity contribution in [3.05, 3.63) is 65.0 Å². The molecule has 3 rings (SSSR count). The number of ether oxygens (including phenoxy) is 2. The summed E-state index contributed by atoms with van der Waals surface area (Å²) in [5, 5.41) is 9.24. The molecule has 0 spiro atoms. The standard InChI is InChI=1S/C22H25N3O3S/c1-5-25-21(13-28-20-12-15(2)6-7-16(20)3)23-24-22(25)29-14-19(26)17-8-10-18(27-4)11-9-17/h6-12H,5,13-14H2,1-4H3. The van der Waals surface area contributed by atoms with E-state index in [0.717, 1.165) is 28.5 Å². The van der Waals surface area contributed by atoms with Crippen molar-refractivity contribution in [3.63, 3.8) is 0 Å². The first kappa shape index (κ1) is 20.9. The van der Waals surface area contributed by atoms with Crippen LogP contribution in [-0.2, 0) is 13.2 Å². The van der Waals surface area contributed by atoms with Crippen LogP contribution in [0.5, 0.6) is 11.5 Å². The Morgan fingerprint density at radius 1 is 1.10 bits per heavy atom. The second-order valence-electron chi connectivity index (χ2n) is 6.64. The van der Waals surface area contributed by atoms with Crippen molar-refractivity contribution in [1.29, 1.82) is 0 Å². The molecule has 152 valence electrons. The number of thioether (sulfide) groups is 1. The molecule has 1 aromatic heterocycles. The molecule has 0 aliphatic rings. The van der Waals surface area contributed by atoms with E-state index in [9.17, 15) is 4.79 Å². The van der Waals surface area contributed by atoms with Crippen molar-refractivity contribution in [2.24, 2.45) is 0 Å². The number of carbonyl (C=O) groups is 1. The van der Waals surface area contributed by atoms with Gasteiger partial charge in [-0.05, 0) is 62.2 Å². The van der Waals surface area contributed by atoms with Crippen molar-refractivity contribution in [2.75, 3.05) is 12.9 Å². The number of carbonyl (C=O) groups excluding carboxylic acids is 1. The van der Waals surface area contributed by atoms with Crippen LogP contribution in [-0.4, -0.2) is 33.4 Å². The number of benzene rings is 2. The van der Waals surface area contributed by atoms with Crippen LogP contribution in [0.3, 0.4) is 0 Å². The molecule has 0 aliphatic heterocycles. The highest BCUT2D eigenvalue weighted by Gasteiger charge is 2.15. The maximum Gasteiger partial charge on any atom is 0.191 e. The first-order valence-corrected chi connectivity index (χ1v) is 10.4. The summed E-state index contributed by atoms with van der Waals surface area (Å²) < 4.78 is 13.1. The first-order valence-electron chi connectivity index (χ1n) is 9.44. The van der Waals surface area contributed by atoms with Crippen molar-refractivity contribution in [1.82, 2.24) is 14.8 Å². The van der Waals surface area contributed by atoms with E-state index in [1.165, 1.54) is 11.8 Å². The molecule has 0 atom stereocenters. The minimum absolute atomic E-state index is 0.0384. The molecule has 0 unspecified atom stereocenters. The Balaban J connectivity index is 1.64. The maximum atomic E-state index is 12.5. The van der Waals surface area contributed by atoms with Crippen molar-refractivity contribution in [3.8, 4) is 11.5 Å². The highest BCUT2D eigenvalue weighted by Crippen LogP contribution is 2.23. The molecular formula is C22H25N3O3S. The number of aromatic nitrogens is 3. The quantitative estimate of drug-likeness (QED) is 0.382. The predicted octanol–water partition coefficient (Wildman–Crippen LogP) is 4.48. The van der Waals surface area contributed by atoms with Gasteiger partial charge in [-0.15, -0.1) is 10.2 Å². The Morgan fingerprint density at radius 2 is 1.86 bits per heavy atom. The minimum Gasteiger partial charge on any atom is -0.497 e. The Morgan fingerprint density at radius 3 is 2.55 bits per heavy atom. The Hall–Kier alpha value is -2.80. The molecule has 6 nitrogen and oxygen atoms in total. The fourth-order valence-electron chi connectivity index (χ4n) is 2.85. The maximum absolute atomic E-state index is 12.5. The van der Waals surface area contributed by atoms with E-state index >= 15 is 0 Å². The lowest BCUT2D eigenvalue weighted by Crippen LogP contribution is -2.09. The van der Waals surface area contributed by atoms with Gasteiger partial charge in [0.25, 0.3) is 0 Å². The third kappa shape index (κ3) is 5.17. The van der Waals surface area contributed by atoms with Crippen LogP contribution in [0.2, 0.25) is 0 Å². The number of nitrogens with zero attached hydrogens (tertiary/aromatic N) is 3. The zero-order valence-corrected chi connectivity index (χ0v) is 18.0. The fraction of sp³-hybridized carbons (Fsp3) is 0.318. The van der Waals surface area contributed by atoms with Gasteiger partial charge >= 0.3 is 0 Å². The summed E-state index contributed by atoms with van der Waals surface area (Å²) in [5.41, 5.74) is 2.88. The predicted molar refractivity (Wildman–Crippen MR) is 114 cm³/mol. The van der Waals surface area contributed by atoms with Crippen molar-refractivity contribution < 1.29 is 14.3 Å². The molecule has 0 saturated heterocycles. The van der Waals surface area contributed by atoms with Gasteiger partial charge in [-0.1, -0.05) is 23.9 Å². The summed E-state index contributed by atoms with van der Waals surface area (Å²) in [6.45, 7) is 7.12. The van der Waals surface area contributed by atoms with Gasteiger partial charge < -0.3 is 14.0 Å². The van der Waals surface area contributed by atoms with E-state index in [0.29, 0.717) is 29.6 Å². The lowest BCUT2D eigenvalue weighted by atomic mass is 10.1. The van der Waals surface area contributed by atoms with Gasteiger partial charge in [-0.2, -0.15) is 0 Å². The Kier molecular flexibility index (Phi) is 6.93. The van der Waals surface area contributed by atoms with Gasteiger partial charge in [0.2, 0.25) is 0 Å². The molecule has 0 saturated carbocycles. The SMILES string of the molecule is CCn1c(COc2cc(C)ccc2C)nnc1SCC(=O)c1ccc(OC)cc1. The second kappa shape index (κ2) is 9.60. The van der Waals surface area contributed by atoms with Crippen molar-refractivity contribution >= 4 is 17.5 Å². The van der Waals surface area contributed by atoms with Gasteiger partial charge in [0.05, 0.1) is 12.9 Å². The Labute approximate surface area is 175 Å². The normalized spacial score (nSPS) is 10.8. The largest absolute Gasteiger partial charge is 0.497 e. The molecule has 0 N–H and O–H groups in total. The first-order chi connectivity index (χ1) is 14.0. The van der Waals surface area contributed by atoms with E-state index < -0.39 is 0 Å². The number of hydrogen-bond donors (Lipinski definition) is 0. The highest BCUT2D eigenvalue weighted by molar-refractivity contribution is 7.99. The molecule has 0 bridgehead atoms. The molecule has 0 amide bonds. The zero-order chi connectivity index (χ0) is 20.8. The van der Waals surface area contributed by atoms with E-state index in [1.54, 1.807) is 31.4 Å². The average molecular weight is 412 g/mol.